The van der Waals surface area contributed by atoms with Crippen LogP contribution in [0, 0.1) is 6.92 Å². The molecule has 2 N–H and O–H groups in total. The van der Waals surface area contributed by atoms with Crippen LogP contribution in [0.3, 0.4) is 0 Å². The molecule has 0 bridgehead atoms. The van der Waals surface area contributed by atoms with Crippen molar-refractivity contribution in [2.75, 3.05) is 0 Å². The molecule has 0 radical (unpaired) electrons. The first-order valence-corrected chi connectivity index (χ1v) is 4.92. The van der Waals surface area contributed by atoms with Crippen molar-refractivity contribution in [2.24, 2.45) is 7.05 Å². The van der Waals surface area contributed by atoms with E-state index in [-0.39, 0.29) is 5.91 Å². The number of carbonyl (C=O) groups excluding carboxylic acids is 1. The molecule has 2 rings (SSSR count). The molecule has 2 heterocycles. The summed E-state index contributed by atoms with van der Waals surface area (Å²) in [4.78, 5) is 18.5. The molecule has 0 saturated heterocycles. The summed E-state index contributed by atoms with van der Waals surface area (Å²) in [7, 11) is 1.84. The van der Waals surface area contributed by atoms with E-state index in [0.29, 0.717) is 12.2 Å². The number of imidazole rings is 1. The van der Waals surface area contributed by atoms with Crippen LogP contribution in [0.4, 0.5) is 0 Å². The molecule has 0 fully saturated rings. The number of hydrogen-bond donors (Lipinski definition) is 2. The Morgan fingerprint density at radius 3 is 2.94 bits per heavy atom. The summed E-state index contributed by atoms with van der Waals surface area (Å²) >= 11 is 0. The SMILES string of the molecule is Cc1ncc(C(=O)NCc2cnn(C)c2)[nH]1. The van der Waals surface area contributed by atoms with Crippen molar-refractivity contribution in [1.29, 1.82) is 0 Å². The van der Waals surface area contributed by atoms with Gasteiger partial charge in [0, 0.05) is 25.4 Å². The largest absolute Gasteiger partial charge is 0.347 e. The number of nitrogens with one attached hydrogen (secondary N) is 2. The molecule has 0 atom stereocenters. The number of amides is 1. The minimum Gasteiger partial charge on any atom is -0.347 e. The number of aromatic amines is 1. The lowest BCUT2D eigenvalue weighted by Gasteiger charge is -2.00. The fourth-order valence-electron chi connectivity index (χ4n) is 1.38. The minimum atomic E-state index is -0.163. The van der Waals surface area contributed by atoms with E-state index >= 15 is 0 Å². The van der Waals surface area contributed by atoms with E-state index in [9.17, 15) is 4.79 Å². The van der Waals surface area contributed by atoms with Gasteiger partial charge in [0.15, 0.2) is 0 Å². The molecule has 6 nitrogen and oxygen atoms in total. The van der Waals surface area contributed by atoms with Gasteiger partial charge < -0.3 is 10.3 Å². The maximum atomic E-state index is 11.6. The van der Waals surface area contributed by atoms with Crippen LogP contribution in [-0.2, 0) is 13.6 Å². The third-order valence-electron chi connectivity index (χ3n) is 2.16. The third kappa shape index (κ3) is 2.28. The first-order chi connectivity index (χ1) is 7.65. The van der Waals surface area contributed by atoms with E-state index < -0.39 is 0 Å². The van der Waals surface area contributed by atoms with Gasteiger partial charge in [0.2, 0.25) is 0 Å². The average Bonchev–Trinajstić information content (AvgIpc) is 2.84. The van der Waals surface area contributed by atoms with Gasteiger partial charge in [-0.2, -0.15) is 5.10 Å². The van der Waals surface area contributed by atoms with Crippen LogP contribution in [0.2, 0.25) is 0 Å². The molecule has 0 saturated carbocycles. The van der Waals surface area contributed by atoms with Crippen LogP contribution < -0.4 is 5.32 Å². The van der Waals surface area contributed by atoms with Crippen molar-refractivity contribution in [3.63, 3.8) is 0 Å². The van der Waals surface area contributed by atoms with Crippen LogP contribution in [0.15, 0.2) is 18.6 Å². The number of H-pyrrole nitrogens is 1. The summed E-state index contributed by atoms with van der Waals surface area (Å²) in [6, 6.07) is 0. The Kier molecular flexibility index (Phi) is 2.72. The molecule has 16 heavy (non-hydrogen) atoms. The van der Waals surface area contributed by atoms with Crippen LogP contribution in [0.1, 0.15) is 21.9 Å². The molecule has 0 aliphatic rings. The van der Waals surface area contributed by atoms with Gasteiger partial charge >= 0.3 is 0 Å². The molecular formula is C10H13N5O. The Labute approximate surface area is 92.7 Å². The zero-order valence-electron chi connectivity index (χ0n) is 9.19. The molecular weight excluding hydrogens is 206 g/mol. The van der Waals surface area contributed by atoms with Crippen molar-refractivity contribution < 1.29 is 4.79 Å². The van der Waals surface area contributed by atoms with E-state index in [2.05, 4.69) is 20.4 Å². The van der Waals surface area contributed by atoms with Crippen molar-refractivity contribution >= 4 is 5.91 Å². The van der Waals surface area contributed by atoms with E-state index in [1.165, 1.54) is 6.20 Å². The molecule has 0 spiro atoms. The molecule has 1 amide bonds. The predicted molar refractivity (Wildman–Crippen MR) is 57.7 cm³/mol. The lowest BCUT2D eigenvalue weighted by molar-refractivity contribution is 0.0946. The van der Waals surface area contributed by atoms with Gasteiger partial charge in [-0.25, -0.2) is 4.98 Å². The molecule has 0 aliphatic carbocycles. The predicted octanol–water partition coefficient (Wildman–Crippen LogP) is 0.382. The highest BCUT2D eigenvalue weighted by Gasteiger charge is 2.07. The second-order valence-electron chi connectivity index (χ2n) is 3.59. The topological polar surface area (TPSA) is 75.6 Å². The Morgan fingerprint density at radius 1 is 1.56 bits per heavy atom. The van der Waals surface area contributed by atoms with Crippen LogP contribution in [0.25, 0.3) is 0 Å². The summed E-state index contributed by atoms with van der Waals surface area (Å²) in [5, 5.41) is 6.80. The van der Waals surface area contributed by atoms with Crippen LogP contribution in [0.5, 0.6) is 0 Å². The van der Waals surface area contributed by atoms with Gasteiger partial charge in [0.05, 0.1) is 12.4 Å². The van der Waals surface area contributed by atoms with Crippen LogP contribution >= 0.6 is 0 Å². The van der Waals surface area contributed by atoms with E-state index in [0.717, 1.165) is 11.4 Å². The lowest BCUT2D eigenvalue weighted by Crippen LogP contribution is -2.22. The van der Waals surface area contributed by atoms with Crippen LogP contribution in [-0.4, -0.2) is 25.7 Å². The standard InChI is InChI=1S/C10H13N5O/c1-7-11-5-9(14-7)10(16)12-3-8-4-13-15(2)6-8/h4-6H,3H2,1-2H3,(H,11,14)(H,12,16). The highest BCUT2D eigenvalue weighted by atomic mass is 16.1. The van der Waals surface area contributed by atoms with Gasteiger partial charge in [-0.1, -0.05) is 0 Å². The number of rotatable bonds is 3. The van der Waals surface area contributed by atoms with Gasteiger partial charge in [0.25, 0.3) is 5.91 Å². The number of aromatic nitrogens is 4. The Bertz CT molecular complexity index is 499. The Balaban J connectivity index is 1.93. The fourth-order valence-corrected chi connectivity index (χ4v) is 1.38. The normalized spacial score (nSPS) is 10.4. The van der Waals surface area contributed by atoms with Crippen molar-refractivity contribution in [2.45, 2.75) is 13.5 Å². The third-order valence-corrected chi connectivity index (χ3v) is 2.16. The maximum absolute atomic E-state index is 11.6. The summed E-state index contributed by atoms with van der Waals surface area (Å²) in [6.07, 6.45) is 5.10. The van der Waals surface area contributed by atoms with Crippen molar-refractivity contribution in [3.05, 3.63) is 35.7 Å². The number of nitrogens with zero attached hydrogens (tertiary/aromatic N) is 3. The van der Waals surface area contributed by atoms with E-state index in [1.807, 2.05) is 13.2 Å². The van der Waals surface area contributed by atoms with Gasteiger partial charge in [-0.3, -0.25) is 9.48 Å². The zero-order valence-corrected chi connectivity index (χ0v) is 9.19. The highest BCUT2D eigenvalue weighted by Crippen LogP contribution is 1.98. The number of aryl methyl sites for hydroxylation is 2. The summed E-state index contributed by atoms with van der Waals surface area (Å²) in [5.74, 6) is 0.566. The minimum absolute atomic E-state index is 0.163. The highest BCUT2D eigenvalue weighted by molar-refractivity contribution is 5.92. The smallest absolute Gasteiger partial charge is 0.269 e. The zero-order chi connectivity index (χ0) is 11.5. The van der Waals surface area contributed by atoms with E-state index in [4.69, 9.17) is 0 Å². The maximum Gasteiger partial charge on any atom is 0.269 e. The molecule has 0 aliphatic heterocycles. The second-order valence-corrected chi connectivity index (χ2v) is 3.59. The average molecular weight is 219 g/mol. The molecule has 6 heteroatoms. The fraction of sp³-hybridized carbons (Fsp3) is 0.300. The second kappa shape index (κ2) is 4.18. The Morgan fingerprint density at radius 2 is 2.38 bits per heavy atom. The van der Waals surface area contributed by atoms with E-state index in [1.54, 1.807) is 17.8 Å². The molecule has 84 valence electrons. The first-order valence-electron chi connectivity index (χ1n) is 4.92. The monoisotopic (exact) mass is 219 g/mol. The molecule has 0 aromatic carbocycles. The lowest BCUT2D eigenvalue weighted by atomic mass is 10.3. The quantitative estimate of drug-likeness (QED) is 0.783. The van der Waals surface area contributed by atoms with Gasteiger partial charge in [-0.15, -0.1) is 0 Å². The molecule has 2 aromatic rings. The number of hydrogen-bond acceptors (Lipinski definition) is 3. The van der Waals surface area contributed by atoms with Crippen molar-refractivity contribution in [3.8, 4) is 0 Å². The number of carbonyl (C=O) groups is 1. The summed E-state index contributed by atoms with van der Waals surface area (Å²) in [5.41, 5.74) is 1.44. The van der Waals surface area contributed by atoms with Crippen molar-refractivity contribution in [1.82, 2.24) is 25.1 Å². The molecule has 0 unspecified atom stereocenters. The molecule has 2 aromatic heterocycles. The summed E-state index contributed by atoms with van der Waals surface area (Å²) in [6.45, 7) is 2.27. The van der Waals surface area contributed by atoms with Gasteiger partial charge in [0.1, 0.15) is 11.5 Å². The summed E-state index contributed by atoms with van der Waals surface area (Å²) < 4.78 is 1.70. The Hall–Kier alpha value is -2.11. The van der Waals surface area contributed by atoms with Gasteiger partial charge in [-0.05, 0) is 6.92 Å². The first kappa shape index (κ1) is 10.4.